The van der Waals surface area contributed by atoms with Crippen LogP contribution in [0.4, 0.5) is 0 Å². The third kappa shape index (κ3) is 33.2. The summed E-state index contributed by atoms with van der Waals surface area (Å²) < 4.78 is 26.2. The lowest BCUT2D eigenvalue weighted by molar-refractivity contribution is -0.161. The van der Waals surface area contributed by atoms with Crippen LogP contribution in [-0.2, 0) is 28.2 Å². The van der Waals surface area contributed by atoms with Gasteiger partial charge in [-0.3, -0.25) is 14.1 Å². The number of carbonyl (C=O) groups is 2. The summed E-state index contributed by atoms with van der Waals surface area (Å²) in [6.45, 7) is 3.49. The fourth-order valence-electron chi connectivity index (χ4n) is 5.45. The molecule has 284 valence electrons. The molecular weight excluding hydrogens is 635 g/mol. The van der Waals surface area contributed by atoms with Crippen molar-refractivity contribution in [3.05, 3.63) is 12.2 Å². The van der Waals surface area contributed by atoms with Crippen LogP contribution >= 0.6 is 7.82 Å². The van der Waals surface area contributed by atoms with E-state index in [-0.39, 0.29) is 19.4 Å². The minimum atomic E-state index is -4.78. The summed E-state index contributed by atoms with van der Waals surface area (Å²) in [5.74, 6) is -0.991. The number of ether oxygens (including phenoxy) is 2. The summed E-state index contributed by atoms with van der Waals surface area (Å²) in [6, 6.07) is 0. The Kier molecular flexibility index (Phi) is 32.0. The van der Waals surface area contributed by atoms with Crippen LogP contribution in [-0.4, -0.2) is 63.5 Å². The number of rotatable bonds is 35. The summed E-state index contributed by atoms with van der Waals surface area (Å²) >= 11 is 0. The number of phosphoric acid groups is 1. The van der Waals surface area contributed by atoms with Crippen LogP contribution in [0.1, 0.15) is 181 Å². The van der Waals surface area contributed by atoms with Crippen molar-refractivity contribution in [3.63, 3.8) is 0 Å². The summed E-state index contributed by atoms with van der Waals surface area (Å²) in [5, 5.41) is 20.3. The Hall–Kier alpha value is -1.29. The zero-order valence-electron chi connectivity index (χ0n) is 30.4. The van der Waals surface area contributed by atoms with Crippen LogP contribution in [0.25, 0.3) is 0 Å². The first-order valence-electron chi connectivity index (χ1n) is 19.1. The summed E-state index contributed by atoms with van der Waals surface area (Å²) in [7, 11) is -4.78. The van der Waals surface area contributed by atoms with Gasteiger partial charge in [-0.25, -0.2) is 4.57 Å². The third-order valence-electron chi connectivity index (χ3n) is 8.48. The van der Waals surface area contributed by atoms with Crippen molar-refractivity contribution in [1.82, 2.24) is 0 Å². The number of esters is 2. The van der Waals surface area contributed by atoms with Gasteiger partial charge < -0.3 is 29.5 Å². The molecule has 0 radical (unpaired) electrons. The molecule has 0 bridgehead atoms. The van der Waals surface area contributed by atoms with Gasteiger partial charge in [-0.1, -0.05) is 142 Å². The van der Waals surface area contributed by atoms with Crippen molar-refractivity contribution in [3.8, 4) is 0 Å². The quantitative estimate of drug-likeness (QED) is 0.0217. The average molecular weight is 707 g/mol. The SMILES string of the molecule is CCCCC/C=C\C[C@@H](O)[C@H](O)CCCCCCCC(=O)OC[C@H](COP(=O)(O)O)OC(=O)CCCCCCCCCCCCCCC. The van der Waals surface area contributed by atoms with E-state index in [1.807, 2.05) is 6.08 Å². The monoisotopic (exact) mass is 706 g/mol. The van der Waals surface area contributed by atoms with E-state index in [0.717, 1.165) is 57.8 Å². The van der Waals surface area contributed by atoms with Gasteiger partial charge in [0.15, 0.2) is 6.10 Å². The largest absolute Gasteiger partial charge is 0.469 e. The molecule has 3 atom stereocenters. The molecule has 0 saturated carbocycles. The number of aliphatic hydroxyl groups excluding tert-OH is 2. The van der Waals surface area contributed by atoms with E-state index >= 15 is 0 Å². The van der Waals surface area contributed by atoms with Crippen LogP contribution < -0.4 is 0 Å². The van der Waals surface area contributed by atoms with E-state index in [0.29, 0.717) is 25.7 Å². The Balaban J connectivity index is 4.07. The van der Waals surface area contributed by atoms with E-state index in [4.69, 9.17) is 19.3 Å². The molecule has 48 heavy (non-hydrogen) atoms. The Morgan fingerprint density at radius 2 is 1.08 bits per heavy atom. The minimum Gasteiger partial charge on any atom is -0.462 e. The van der Waals surface area contributed by atoms with Gasteiger partial charge in [0, 0.05) is 12.8 Å². The molecule has 0 amide bonds. The highest BCUT2D eigenvalue weighted by molar-refractivity contribution is 7.46. The number of unbranched alkanes of at least 4 members (excludes halogenated alkanes) is 19. The first-order chi connectivity index (χ1) is 23.1. The number of carbonyl (C=O) groups excluding carboxylic acids is 2. The van der Waals surface area contributed by atoms with Gasteiger partial charge in [0.25, 0.3) is 0 Å². The molecular formula is C37H71O10P. The van der Waals surface area contributed by atoms with Crippen LogP contribution in [0, 0.1) is 0 Å². The van der Waals surface area contributed by atoms with E-state index in [9.17, 15) is 24.4 Å². The molecule has 0 aliphatic carbocycles. The van der Waals surface area contributed by atoms with Gasteiger partial charge in [-0.2, -0.15) is 0 Å². The molecule has 0 aromatic carbocycles. The van der Waals surface area contributed by atoms with E-state index < -0.39 is 44.7 Å². The van der Waals surface area contributed by atoms with Crippen molar-refractivity contribution in [2.75, 3.05) is 13.2 Å². The first-order valence-corrected chi connectivity index (χ1v) is 20.7. The maximum Gasteiger partial charge on any atom is 0.469 e. The lowest BCUT2D eigenvalue weighted by Crippen LogP contribution is -2.29. The van der Waals surface area contributed by atoms with Gasteiger partial charge in [-0.05, 0) is 38.5 Å². The molecule has 11 heteroatoms. The normalized spacial score (nSPS) is 13.9. The second kappa shape index (κ2) is 32.9. The van der Waals surface area contributed by atoms with Gasteiger partial charge in [0.2, 0.25) is 0 Å². The second-order valence-electron chi connectivity index (χ2n) is 13.2. The number of allylic oxidation sites excluding steroid dienone is 1. The molecule has 0 aliphatic heterocycles. The van der Waals surface area contributed by atoms with Crippen molar-refractivity contribution in [1.29, 1.82) is 0 Å². The maximum atomic E-state index is 12.3. The number of hydrogen-bond donors (Lipinski definition) is 4. The molecule has 0 saturated heterocycles. The smallest absolute Gasteiger partial charge is 0.462 e. The van der Waals surface area contributed by atoms with Gasteiger partial charge in [-0.15, -0.1) is 0 Å². The first kappa shape index (κ1) is 46.7. The van der Waals surface area contributed by atoms with Crippen molar-refractivity contribution in [2.24, 2.45) is 0 Å². The molecule has 0 spiro atoms. The van der Waals surface area contributed by atoms with Crippen molar-refractivity contribution >= 4 is 19.8 Å². The molecule has 0 aromatic rings. The Bertz CT molecular complexity index is 831. The Morgan fingerprint density at radius 3 is 1.62 bits per heavy atom. The second-order valence-corrected chi connectivity index (χ2v) is 14.5. The highest BCUT2D eigenvalue weighted by Crippen LogP contribution is 2.36. The molecule has 0 rings (SSSR count). The van der Waals surface area contributed by atoms with Gasteiger partial charge >= 0.3 is 19.8 Å². The molecule has 0 fully saturated rings. The predicted octanol–water partition coefficient (Wildman–Crippen LogP) is 9.01. The Morgan fingerprint density at radius 1 is 0.604 bits per heavy atom. The lowest BCUT2D eigenvalue weighted by atomic mass is 10.0. The number of phosphoric ester groups is 1. The molecule has 0 heterocycles. The van der Waals surface area contributed by atoms with E-state index in [1.165, 1.54) is 70.6 Å². The fourth-order valence-corrected chi connectivity index (χ4v) is 5.82. The third-order valence-corrected chi connectivity index (χ3v) is 8.97. The van der Waals surface area contributed by atoms with Crippen molar-refractivity contribution < 1.29 is 48.2 Å². The number of aliphatic hydroxyl groups is 2. The predicted molar refractivity (Wildman–Crippen MR) is 191 cm³/mol. The highest BCUT2D eigenvalue weighted by Gasteiger charge is 2.23. The highest BCUT2D eigenvalue weighted by atomic mass is 31.2. The van der Waals surface area contributed by atoms with Gasteiger partial charge in [0.1, 0.15) is 6.61 Å². The zero-order chi connectivity index (χ0) is 35.7. The fraction of sp³-hybridized carbons (Fsp3) is 0.892. The molecule has 0 aromatic heterocycles. The molecule has 4 N–H and O–H groups in total. The van der Waals surface area contributed by atoms with Crippen LogP contribution in [0.15, 0.2) is 12.2 Å². The van der Waals surface area contributed by atoms with E-state index in [2.05, 4.69) is 24.4 Å². The minimum absolute atomic E-state index is 0.172. The average Bonchev–Trinajstić information content (AvgIpc) is 3.05. The summed E-state index contributed by atoms with van der Waals surface area (Å²) in [5.41, 5.74) is 0. The number of hydrogen-bond acceptors (Lipinski definition) is 8. The standard InChI is InChI=1S/C37H71O10P/c1-3-5-7-9-11-12-13-14-15-16-17-21-26-30-37(41)47-33(32-46-48(42,43)44)31-45-36(40)29-25-22-18-20-24-28-35(39)34(38)27-23-19-10-8-6-4-2/h19,23,33-35,38-39H,3-18,20-22,24-32H2,1-2H3,(H2,42,43,44)/b23-19-/t33-,34-,35-/m1/s1. The van der Waals surface area contributed by atoms with Gasteiger partial charge in [0.05, 0.1) is 18.8 Å². The maximum absolute atomic E-state index is 12.3. The summed E-state index contributed by atoms with van der Waals surface area (Å²) in [4.78, 5) is 42.7. The lowest BCUT2D eigenvalue weighted by Gasteiger charge is -2.18. The summed E-state index contributed by atoms with van der Waals surface area (Å²) in [6.07, 6.45) is 26.7. The van der Waals surface area contributed by atoms with Crippen LogP contribution in [0.5, 0.6) is 0 Å². The van der Waals surface area contributed by atoms with Crippen LogP contribution in [0.3, 0.4) is 0 Å². The zero-order valence-corrected chi connectivity index (χ0v) is 31.3. The van der Waals surface area contributed by atoms with E-state index in [1.54, 1.807) is 0 Å². The molecule has 10 nitrogen and oxygen atoms in total. The molecule has 0 unspecified atom stereocenters. The van der Waals surface area contributed by atoms with Crippen LogP contribution in [0.2, 0.25) is 0 Å². The van der Waals surface area contributed by atoms with Crippen molar-refractivity contribution in [2.45, 2.75) is 199 Å². The topological polar surface area (TPSA) is 160 Å². The Labute approximate surface area is 292 Å². The molecule has 0 aliphatic rings.